The Labute approximate surface area is 157 Å². The predicted molar refractivity (Wildman–Crippen MR) is 98.1 cm³/mol. The van der Waals surface area contributed by atoms with E-state index in [0.29, 0.717) is 19.6 Å². The molecule has 140 valence electrons. The van der Waals surface area contributed by atoms with Crippen LogP contribution in [-0.2, 0) is 16.1 Å². The van der Waals surface area contributed by atoms with Crippen molar-refractivity contribution in [1.29, 1.82) is 0 Å². The topological polar surface area (TPSA) is 73.4 Å². The number of hydrogen-bond donors (Lipinski definition) is 0. The van der Waals surface area contributed by atoms with Crippen LogP contribution in [0.25, 0.3) is 5.69 Å². The lowest BCUT2D eigenvalue weighted by Crippen LogP contribution is -2.34. The summed E-state index contributed by atoms with van der Waals surface area (Å²) in [5, 5.41) is 8.39. The van der Waals surface area contributed by atoms with Crippen molar-refractivity contribution in [2.24, 2.45) is 5.92 Å². The van der Waals surface area contributed by atoms with Gasteiger partial charge >= 0.3 is 0 Å². The van der Waals surface area contributed by atoms with E-state index in [2.05, 4.69) is 10.3 Å². The van der Waals surface area contributed by atoms with Gasteiger partial charge < -0.3 is 14.2 Å². The average molecular weight is 366 g/mol. The zero-order chi connectivity index (χ0) is 18.8. The van der Waals surface area contributed by atoms with Gasteiger partial charge in [-0.15, -0.1) is 0 Å². The highest BCUT2D eigenvalue weighted by molar-refractivity contribution is 5.79. The largest absolute Gasteiger partial charge is 0.373 e. The summed E-state index contributed by atoms with van der Waals surface area (Å²) in [4.78, 5) is 14.7. The fourth-order valence-corrected chi connectivity index (χ4v) is 3.47. The Morgan fingerprint density at radius 3 is 2.89 bits per heavy atom. The molecule has 1 amide bonds. The van der Waals surface area contributed by atoms with Gasteiger partial charge in [-0.05, 0) is 25.5 Å². The molecule has 2 atom stereocenters. The van der Waals surface area contributed by atoms with E-state index >= 15 is 0 Å². The fraction of sp³-hybridized carbons (Fsp3) is 0.350. The van der Waals surface area contributed by atoms with Crippen LogP contribution in [0.4, 0.5) is 0 Å². The van der Waals surface area contributed by atoms with Crippen LogP contribution >= 0.6 is 0 Å². The summed E-state index contributed by atoms with van der Waals surface area (Å²) in [6, 6.07) is 11.7. The molecule has 2 aromatic heterocycles. The number of rotatable bonds is 5. The summed E-state index contributed by atoms with van der Waals surface area (Å²) in [5.74, 6) is 0.559. The van der Waals surface area contributed by atoms with Gasteiger partial charge in [0.25, 0.3) is 0 Å². The van der Waals surface area contributed by atoms with E-state index in [1.165, 1.54) is 0 Å². The van der Waals surface area contributed by atoms with Crippen LogP contribution < -0.4 is 0 Å². The van der Waals surface area contributed by atoms with Crippen LogP contribution in [0.2, 0.25) is 0 Å². The molecule has 7 heteroatoms. The molecule has 1 aliphatic heterocycles. The number of amides is 1. The number of para-hydroxylation sites is 1. The lowest BCUT2D eigenvalue weighted by molar-refractivity contribution is -0.136. The second-order valence-corrected chi connectivity index (χ2v) is 6.86. The van der Waals surface area contributed by atoms with E-state index < -0.39 is 0 Å². The van der Waals surface area contributed by atoms with E-state index in [1.54, 1.807) is 22.8 Å². The number of ether oxygens (including phenoxy) is 1. The lowest BCUT2D eigenvalue weighted by Gasteiger charge is -2.23. The van der Waals surface area contributed by atoms with Gasteiger partial charge in [0.2, 0.25) is 5.91 Å². The highest BCUT2D eigenvalue weighted by atomic mass is 16.5. The molecule has 0 saturated carbocycles. The summed E-state index contributed by atoms with van der Waals surface area (Å²) >= 11 is 0. The van der Waals surface area contributed by atoms with Crippen LogP contribution in [0.5, 0.6) is 0 Å². The molecule has 0 spiro atoms. The average Bonchev–Trinajstić information content (AvgIpc) is 3.42. The predicted octanol–water partition coefficient (Wildman–Crippen LogP) is 2.90. The quantitative estimate of drug-likeness (QED) is 0.694. The third-order valence-corrected chi connectivity index (χ3v) is 4.81. The van der Waals surface area contributed by atoms with Crippen molar-refractivity contribution in [2.45, 2.75) is 26.0 Å². The number of aryl methyl sites for hydroxylation is 1. The molecule has 3 heterocycles. The maximum atomic E-state index is 13.0. The van der Waals surface area contributed by atoms with Crippen LogP contribution in [0.1, 0.15) is 29.5 Å². The first-order valence-electron chi connectivity index (χ1n) is 9.00. The molecule has 7 nitrogen and oxygen atoms in total. The number of nitrogens with zero attached hydrogens (tertiary/aromatic N) is 4. The monoisotopic (exact) mass is 366 g/mol. The third kappa shape index (κ3) is 3.64. The molecule has 1 aromatic carbocycles. The Balaban J connectivity index is 1.48. The van der Waals surface area contributed by atoms with E-state index in [9.17, 15) is 4.79 Å². The minimum Gasteiger partial charge on any atom is -0.373 e. The van der Waals surface area contributed by atoms with Crippen molar-refractivity contribution in [2.75, 3.05) is 13.7 Å². The van der Waals surface area contributed by atoms with Gasteiger partial charge in [0, 0.05) is 31.5 Å². The first-order valence-corrected chi connectivity index (χ1v) is 9.00. The van der Waals surface area contributed by atoms with E-state index in [1.807, 2.05) is 49.5 Å². The molecule has 0 bridgehead atoms. The zero-order valence-electron chi connectivity index (χ0n) is 15.4. The molecule has 4 rings (SSSR count). The Kier molecular flexibility index (Phi) is 4.77. The number of carbonyl (C=O) groups is 1. The molecule has 0 aliphatic carbocycles. The second kappa shape index (κ2) is 7.36. The molecule has 0 N–H and O–H groups in total. The number of benzene rings is 1. The van der Waals surface area contributed by atoms with Crippen molar-refractivity contribution < 1.29 is 14.1 Å². The van der Waals surface area contributed by atoms with Gasteiger partial charge in [0.05, 0.1) is 30.5 Å². The van der Waals surface area contributed by atoms with Crippen LogP contribution in [0, 0.1) is 12.8 Å². The van der Waals surface area contributed by atoms with E-state index in [4.69, 9.17) is 9.26 Å². The van der Waals surface area contributed by atoms with Crippen LogP contribution in [0.3, 0.4) is 0 Å². The summed E-state index contributed by atoms with van der Waals surface area (Å²) in [7, 11) is 1.79. The summed E-state index contributed by atoms with van der Waals surface area (Å²) in [5.41, 5.74) is 2.64. The first-order chi connectivity index (χ1) is 13.1. The fourth-order valence-electron chi connectivity index (χ4n) is 3.47. The molecule has 0 radical (unpaired) electrons. The number of hydrogen-bond acceptors (Lipinski definition) is 5. The molecule has 3 aromatic rings. The highest BCUT2D eigenvalue weighted by Crippen LogP contribution is 2.36. The van der Waals surface area contributed by atoms with Crippen molar-refractivity contribution in [3.8, 4) is 5.69 Å². The normalized spacial score (nSPS) is 19.3. The van der Waals surface area contributed by atoms with Gasteiger partial charge in [0.15, 0.2) is 0 Å². The Morgan fingerprint density at radius 2 is 2.15 bits per heavy atom. The minimum atomic E-state index is -0.281. The maximum absolute atomic E-state index is 13.0. The smallest absolute Gasteiger partial charge is 0.228 e. The number of aromatic nitrogens is 3. The third-order valence-electron chi connectivity index (χ3n) is 4.81. The number of carbonyl (C=O) groups excluding carboxylic acids is 1. The van der Waals surface area contributed by atoms with Crippen molar-refractivity contribution >= 4 is 5.91 Å². The summed E-state index contributed by atoms with van der Waals surface area (Å²) in [6.07, 6.45) is 4.13. The van der Waals surface area contributed by atoms with Gasteiger partial charge in [-0.25, -0.2) is 4.68 Å². The molecule has 0 unspecified atom stereocenters. The van der Waals surface area contributed by atoms with Gasteiger partial charge in [-0.2, -0.15) is 5.10 Å². The molecule has 1 saturated heterocycles. The Hall–Kier alpha value is -2.93. The molecular weight excluding hydrogens is 344 g/mol. The van der Waals surface area contributed by atoms with Gasteiger partial charge in [-0.1, -0.05) is 23.4 Å². The van der Waals surface area contributed by atoms with Crippen LogP contribution in [-0.4, -0.2) is 39.4 Å². The van der Waals surface area contributed by atoms with Gasteiger partial charge in [-0.3, -0.25) is 4.79 Å². The molecular formula is C20H22N4O3. The van der Waals surface area contributed by atoms with Crippen LogP contribution in [0.15, 0.2) is 53.3 Å². The SMILES string of the molecule is Cc1cc(CN(C)C(=O)[C@H]2CCO[C@@H]2c2cnn(-c3ccccc3)c2)no1. The Morgan fingerprint density at radius 1 is 1.33 bits per heavy atom. The molecule has 1 aliphatic rings. The molecule has 1 fully saturated rings. The minimum absolute atomic E-state index is 0.0469. The van der Waals surface area contributed by atoms with Gasteiger partial charge in [0.1, 0.15) is 11.5 Å². The Bertz CT molecular complexity index is 918. The summed E-state index contributed by atoms with van der Waals surface area (Å²) in [6.45, 7) is 2.82. The van der Waals surface area contributed by atoms with E-state index in [-0.39, 0.29) is 17.9 Å². The second-order valence-electron chi connectivity index (χ2n) is 6.86. The van der Waals surface area contributed by atoms with Crippen molar-refractivity contribution in [3.05, 3.63) is 65.8 Å². The zero-order valence-corrected chi connectivity index (χ0v) is 15.4. The van der Waals surface area contributed by atoms with E-state index in [0.717, 1.165) is 22.7 Å². The molecule has 27 heavy (non-hydrogen) atoms. The lowest BCUT2D eigenvalue weighted by atomic mass is 9.96. The maximum Gasteiger partial charge on any atom is 0.228 e. The summed E-state index contributed by atoms with van der Waals surface area (Å²) < 4.78 is 12.8. The standard InChI is InChI=1S/C20H22N4O3/c1-14-10-16(22-27-14)13-23(2)20(25)18-8-9-26-19(18)15-11-21-24(12-15)17-6-4-3-5-7-17/h3-7,10-12,18-19H,8-9,13H2,1-2H3/t18-,19+/m0/s1. The van der Waals surface area contributed by atoms with Crippen molar-refractivity contribution in [1.82, 2.24) is 19.8 Å². The highest BCUT2D eigenvalue weighted by Gasteiger charge is 2.37. The van der Waals surface area contributed by atoms with Crippen molar-refractivity contribution in [3.63, 3.8) is 0 Å². The first kappa shape index (κ1) is 17.5.